The molecule has 1 heterocycles. The molecule has 0 spiro atoms. The van der Waals surface area contributed by atoms with Crippen molar-refractivity contribution in [3.8, 4) is 0 Å². The molecule has 1 fully saturated rings. The van der Waals surface area contributed by atoms with Crippen LogP contribution in [0.5, 0.6) is 0 Å². The summed E-state index contributed by atoms with van der Waals surface area (Å²) in [5, 5.41) is 11.7. The van der Waals surface area contributed by atoms with Crippen molar-refractivity contribution in [2.24, 2.45) is 5.41 Å². The predicted molar refractivity (Wildman–Crippen MR) is 69.2 cm³/mol. The zero-order chi connectivity index (χ0) is 14.9. The summed E-state index contributed by atoms with van der Waals surface area (Å²) >= 11 is 5.54. The summed E-state index contributed by atoms with van der Waals surface area (Å²) in [5.74, 6) is -2.32. The third kappa shape index (κ3) is 2.62. The van der Waals surface area contributed by atoms with Crippen LogP contribution < -0.4 is 5.32 Å². The molecule has 0 bridgehead atoms. The summed E-state index contributed by atoms with van der Waals surface area (Å²) in [4.78, 5) is 23.2. The Balaban J connectivity index is 2.15. The van der Waals surface area contributed by atoms with Crippen LogP contribution in [0.3, 0.4) is 0 Å². The number of hydrogen-bond acceptors (Lipinski definition) is 3. The Morgan fingerprint density at radius 2 is 2.25 bits per heavy atom. The Morgan fingerprint density at radius 1 is 1.55 bits per heavy atom. The minimum Gasteiger partial charge on any atom is -0.481 e. The number of aliphatic carboxylic acids is 1. The molecule has 1 aromatic carbocycles. The van der Waals surface area contributed by atoms with Gasteiger partial charge in [0.25, 0.3) is 5.91 Å². The van der Waals surface area contributed by atoms with Crippen molar-refractivity contribution in [3.05, 3.63) is 34.6 Å². The van der Waals surface area contributed by atoms with Crippen LogP contribution in [0.1, 0.15) is 17.3 Å². The maximum absolute atomic E-state index is 13.3. The van der Waals surface area contributed by atoms with Crippen molar-refractivity contribution in [1.29, 1.82) is 0 Å². The molecule has 0 radical (unpaired) electrons. The van der Waals surface area contributed by atoms with Crippen molar-refractivity contribution >= 4 is 23.5 Å². The second kappa shape index (κ2) is 5.38. The van der Waals surface area contributed by atoms with Crippen LogP contribution in [0.15, 0.2) is 18.2 Å². The molecule has 0 saturated carbocycles. The number of hydrogen-bond donors (Lipinski definition) is 2. The van der Waals surface area contributed by atoms with E-state index in [-0.39, 0.29) is 23.8 Å². The molecule has 108 valence electrons. The topological polar surface area (TPSA) is 75.6 Å². The fourth-order valence-corrected chi connectivity index (χ4v) is 2.08. The third-order valence-electron chi connectivity index (χ3n) is 3.43. The summed E-state index contributed by atoms with van der Waals surface area (Å²) in [5.41, 5.74) is -1.12. The SMILES string of the molecule is CC1(C(=O)O)COCC1NC(=O)c1ccc(Cl)c(F)c1. The average Bonchev–Trinajstić information content (AvgIpc) is 2.75. The maximum Gasteiger partial charge on any atom is 0.313 e. The van der Waals surface area contributed by atoms with E-state index in [0.29, 0.717) is 0 Å². The minimum absolute atomic E-state index is 0.0161. The first kappa shape index (κ1) is 14.7. The lowest BCUT2D eigenvalue weighted by Gasteiger charge is -2.25. The van der Waals surface area contributed by atoms with E-state index in [9.17, 15) is 19.1 Å². The number of benzene rings is 1. The molecular formula is C13H13ClFNO4. The molecule has 0 aliphatic carbocycles. The van der Waals surface area contributed by atoms with Crippen molar-refractivity contribution < 1.29 is 23.8 Å². The summed E-state index contributed by atoms with van der Waals surface area (Å²) in [6.45, 7) is 1.61. The van der Waals surface area contributed by atoms with Gasteiger partial charge >= 0.3 is 5.97 Å². The van der Waals surface area contributed by atoms with Gasteiger partial charge < -0.3 is 15.2 Å². The highest BCUT2D eigenvalue weighted by molar-refractivity contribution is 6.30. The van der Waals surface area contributed by atoms with Gasteiger partial charge in [-0.15, -0.1) is 0 Å². The Hall–Kier alpha value is -1.66. The van der Waals surface area contributed by atoms with Gasteiger partial charge in [0, 0.05) is 5.56 Å². The summed E-state index contributed by atoms with van der Waals surface area (Å²) < 4.78 is 18.4. The van der Waals surface area contributed by atoms with E-state index in [1.165, 1.54) is 19.1 Å². The molecule has 1 aliphatic heterocycles. The zero-order valence-corrected chi connectivity index (χ0v) is 11.4. The largest absolute Gasteiger partial charge is 0.481 e. The fraction of sp³-hybridized carbons (Fsp3) is 0.385. The summed E-state index contributed by atoms with van der Waals surface area (Å²) in [6.07, 6.45) is 0. The molecule has 2 rings (SSSR count). The molecule has 1 aromatic rings. The predicted octanol–water partition coefficient (Wildman–Crippen LogP) is 1.70. The molecule has 5 nitrogen and oxygen atoms in total. The number of carboxylic acids is 1. The zero-order valence-electron chi connectivity index (χ0n) is 10.7. The van der Waals surface area contributed by atoms with E-state index < -0.39 is 29.2 Å². The van der Waals surface area contributed by atoms with E-state index in [2.05, 4.69) is 5.32 Å². The maximum atomic E-state index is 13.3. The highest BCUT2D eigenvalue weighted by atomic mass is 35.5. The molecule has 7 heteroatoms. The molecule has 1 saturated heterocycles. The molecular weight excluding hydrogens is 289 g/mol. The van der Waals surface area contributed by atoms with Gasteiger partial charge in [-0.2, -0.15) is 0 Å². The van der Waals surface area contributed by atoms with Gasteiger partial charge in [0.2, 0.25) is 0 Å². The molecule has 2 unspecified atom stereocenters. The molecule has 2 N–H and O–H groups in total. The average molecular weight is 302 g/mol. The Labute approximate surface area is 119 Å². The number of carboxylic acid groups (broad SMARTS) is 1. The lowest BCUT2D eigenvalue weighted by molar-refractivity contribution is -0.148. The van der Waals surface area contributed by atoms with Crippen LogP contribution in [-0.4, -0.2) is 36.2 Å². The first-order valence-corrected chi connectivity index (χ1v) is 6.29. The fourth-order valence-electron chi connectivity index (χ4n) is 1.96. The van der Waals surface area contributed by atoms with Crippen molar-refractivity contribution in [3.63, 3.8) is 0 Å². The number of carbonyl (C=O) groups excluding carboxylic acids is 1. The Bertz CT molecular complexity index is 565. The number of carbonyl (C=O) groups is 2. The molecule has 20 heavy (non-hydrogen) atoms. The van der Waals surface area contributed by atoms with Crippen molar-refractivity contribution in [2.45, 2.75) is 13.0 Å². The number of ether oxygens (including phenoxy) is 1. The standard InChI is InChI=1S/C13H13ClFNO4/c1-13(12(18)19)6-20-5-10(13)16-11(17)7-2-3-8(14)9(15)4-7/h2-4,10H,5-6H2,1H3,(H,16,17)(H,18,19). The summed E-state index contributed by atoms with van der Waals surface area (Å²) in [7, 11) is 0. The lowest BCUT2D eigenvalue weighted by atomic mass is 9.85. The minimum atomic E-state index is -1.19. The van der Waals surface area contributed by atoms with E-state index >= 15 is 0 Å². The third-order valence-corrected chi connectivity index (χ3v) is 3.74. The van der Waals surface area contributed by atoms with Crippen LogP contribution in [0, 0.1) is 11.2 Å². The first-order chi connectivity index (χ1) is 9.34. The van der Waals surface area contributed by atoms with Gasteiger partial charge in [-0.25, -0.2) is 4.39 Å². The van der Waals surface area contributed by atoms with Crippen LogP contribution in [0.25, 0.3) is 0 Å². The van der Waals surface area contributed by atoms with Crippen LogP contribution in [0.2, 0.25) is 5.02 Å². The molecule has 1 aliphatic rings. The number of nitrogens with one attached hydrogen (secondary N) is 1. The van der Waals surface area contributed by atoms with Crippen LogP contribution in [-0.2, 0) is 9.53 Å². The Morgan fingerprint density at radius 3 is 2.85 bits per heavy atom. The second-order valence-electron chi connectivity index (χ2n) is 4.89. The smallest absolute Gasteiger partial charge is 0.313 e. The van der Waals surface area contributed by atoms with Gasteiger partial charge in [-0.3, -0.25) is 9.59 Å². The normalized spacial score (nSPS) is 25.4. The van der Waals surface area contributed by atoms with Crippen LogP contribution >= 0.6 is 11.6 Å². The summed E-state index contributed by atoms with van der Waals surface area (Å²) in [6, 6.07) is 2.97. The monoisotopic (exact) mass is 301 g/mol. The van der Waals surface area contributed by atoms with Crippen molar-refractivity contribution in [2.75, 3.05) is 13.2 Å². The van der Waals surface area contributed by atoms with Gasteiger partial charge in [-0.1, -0.05) is 11.6 Å². The quantitative estimate of drug-likeness (QED) is 0.891. The lowest BCUT2D eigenvalue weighted by Crippen LogP contribution is -2.49. The number of amides is 1. The van der Waals surface area contributed by atoms with Gasteiger partial charge in [0.1, 0.15) is 11.2 Å². The second-order valence-corrected chi connectivity index (χ2v) is 5.30. The highest BCUT2D eigenvalue weighted by Gasteiger charge is 2.47. The number of halogens is 2. The van der Waals surface area contributed by atoms with Gasteiger partial charge in [0.15, 0.2) is 0 Å². The highest BCUT2D eigenvalue weighted by Crippen LogP contribution is 2.29. The molecule has 1 amide bonds. The van der Waals surface area contributed by atoms with Gasteiger partial charge in [-0.05, 0) is 25.1 Å². The van der Waals surface area contributed by atoms with E-state index in [1.807, 2.05) is 0 Å². The Kier molecular flexibility index (Phi) is 3.96. The van der Waals surface area contributed by atoms with Gasteiger partial charge in [0.05, 0.1) is 24.3 Å². The van der Waals surface area contributed by atoms with E-state index in [1.54, 1.807) is 0 Å². The first-order valence-electron chi connectivity index (χ1n) is 5.91. The van der Waals surface area contributed by atoms with Crippen molar-refractivity contribution in [1.82, 2.24) is 5.32 Å². The van der Waals surface area contributed by atoms with E-state index in [0.717, 1.165) is 6.07 Å². The molecule has 2 atom stereocenters. The number of rotatable bonds is 3. The van der Waals surface area contributed by atoms with Crippen LogP contribution in [0.4, 0.5) is 4.39 Å². The molecule has 0 aromatic heterocycles. The van der Waals surface area contributed by atoms with E-state index in [4.69, 9.17) is 16.3 Å².